The first-order valence-electron chi connectivity index (χ1n) is 6.97. The van der Waals surface area contributed by atoms with Gasteiger partial charge in [0.1, 0.15) is 24.7 Å². The van der Waals surface area contributed by atoms with E-state index in [4.69, 9.17) is 14.3 Å². The molecule has 2 aromatic rings. The summed E-state index contributed by atoms with van der Waals surface area (Å²) in [6.45, 7) is 1.81. The van der Waals surface area contributed by atoms with E-state index in [0.717, 1.165) is 4.47 Å². The van der Waals surface area contributed by atoms with Crippen molar-refractivity contribution in [2.24, 2.45) is 0 Å². The van der Waals surface area contributed by atoms with Crippen LogP contribution >= 0.6 is 15.9 Å². The first-order chi connectivity index (χ1) is 11.0. The van der Waals surface area contributed by atoms with Gasteiger partial charge in [-0.15, -0.1) is 0 Å². The fourth-order valence-corrected chi connectivity index (χ4v) is 2.31. The second-order valence-corrected chi connectivity index (χ2v) is 5.64. The molecule has 1 aromatic heterocycles. The second-order valence-electron chi connectivity index (χ2n) is 4.73. The highest BCUT2D eigenvalue weighted by Gasteiger charge is 2.20. The van der Waals surface area contributed by atoms with Gasteiger partial charge in [-0.1, -0.05) is 22.0 Å². The monoisotopic (exact) mass is 381 g/mol. The summed E-state index contributed by atoms with van der Waals surface area (Å²) in [5.74, 6) is -0.265. The zero-order valence-corrected chi connectivity index (χ0v) is 14.1. The minimum atomic E-state index is -1.06. The maximum Gasteiger partial charge on any atom is 0.323 e. The van der Waals surface area contributed by atoms with Crippen LogP contribution in [-0.2, 0) is 11.4 Å². The Morgan fingerprint density at radius 2 is 2.09 bits per heavy atom. The van der Waals surface area contributed by atoms with Crippen molar-refractivity contribution in [3.63, 3.8) is 0 Å². The third-order valence-corrected chi connectivity index (χ3v) is 3.54. The molecule has 0 atom stereocenters. The van der Waals surface area contributed by atoms with E-state index in [1.165, 1.54) is 11.0 Å². The zero-order chi connectivity index (χ0) is 16.8. The molecule has 1 amide bonds. The van der Waals surface area contributed by atoms with E-state index in [2.05, 4.69) is 15.9 Å². The predicted octanol–water partition coefficient (Wildman–Crippen LogP) is 3.17. The van der Waals surface area contributed by atoms with Gasteiger partial charge < -0.3 is 19.2 Å². The lowest BCUT2D eigenvalue weighted by Crippen LogP contribution is -2.35. The molecule has 0 saturated heterocycles. The summed E-state index contributed by atoms with van der Waals surface area (Å²) in [6, 6.07) is 10.5. The van der Waals surface area contributed by atoms with Gasteiger partial charge in [0.05, 0.1) is 0 Å². The predicted molar refractivity (Wildman–Crippen MR) is 86.4 cm³/mol. The van der Waals surface area contributed by atoms with Crippen LogP contribution in [-0.4, -0.2) is 35.0 Å². The number of carbonyl (C=O) groups excluding carboxylic acids is 1. The number of benzene rings is 1. The molecule has 1 aromatic carbocycles. The Morgan fingerprint density at radius 3 is 2.74 bits per heavy atom. The molecule has 0 saturated carbocycles. The molecular weight excluding hydrogens is 366 g/mol. The quantitative estimate of drug-likeness (QED) is 0.796. The molecule has 6 nitrogen and oxygen atoms in total. The van der Waals surface area contributed by atoms with Gasteiger partial charge in [0.15, 0.2) is 5.76 Å². The Kier molecular flexibility index (Phi) is 5.81. The molecule has 0 fully saturated rings. The van der Waals surface area contributed by atoms with Gasteiger partial charge in [-0.3, -0.25) is 9.59 Å². The van der Waals surface area contributed by atoms with Crippen molar-refractivity contribution in [1.82, 2.24) is 4.90 Å². The first kappa shape index (κ1) is 17.1. The summed E-state index contributed by atoms with van der Waals surface area (Å²) in [5.41, 5.74) is 0. The first-order valence-corrected chi connectivity index (χ1v) is 7.77. The van der Waals surface area contributed by atoms with Crippen molar-refractivity contribution in [3.8, 4) is 5.75 Å². The van der Waals surface area contributed by atoms with Crippen molar-refractivity contribution < 1.29 is 23.8 Å². The van der Waals surface area contributed by atoms with Crippen LogP contribution in [0.25, 0.3) is 0 Å². The van der Waals surface area contributed by atoms with Crippen LogP contribution in [0.15, 0.2) is 45.3 Å². The van der Waals surface area contributed by atoms with E-state index >= 15 is 0 Å². The third kappa shape index (κ3) is 4.85. The maximum atomic E-state index is 12.2. The molecule has 2 rings (SSSR count). The minimum Gasteiger partial charge on any atom is -0.486 e. The Balaban J connectivity index is 1.99. The number of carbonyl (C=O) groups is 2. The number of halogens is 1. The lowest BCUT2D eigenvalue weighted by molar-refractivity contribution is -0.137. The maximum absolute atomic E-state index is 12.2. The lowest BCUT2D eigenvalue weighted by atomic mass is 10.3. The fourth-order valence-electron chi connectivity index (χ4n) is 1.93. The number of carboxylic acid groups (broad SMARTS) is 1. The minimum absolute atomic E-state index is 0.0981. The van der Waals surface area contributed by atoms with Crippen molar-refractivity contribution in [2.75, 3.05) is 13.1 Å². The molecule has 1 heterocycles. The Morgan fingerprint density at radius 1 is 1.30 bits per heavy atom. The van der Waals surface area contributed by atoms with E-state index < -0.39 is 11.9 Å². The summed E-state index contributed by atoms with van der Waals surface area (Å²) < 4.78 is 11.9. The topological polar surface area (TPSA) is 80.0 Å². The summed E-state index contributed by atoms with van der Waals surface area (Å²) in [4.78, 5) is 24.1. The van der Waals surface area contributed by atoms with Crippen molar-refractivity contribution in [3.05, 3.63) is 52.4 Å². The average molecular weight is 382 g/mol. The molecule has 1 N–H and O–H groups in total. The summed E-state index contributed by atoms with van der Waals surface area (Å²) in [5, 5.41) is 8.80. The van der Waals surface area contributed by atoms with Gasteiger partial charge in [-0.05, 0) is 37.3 Å². The number of nitrogens with zero attached hydrogens (tertiary/aromatic N) is 1. The molecule has 0 aliphatic heterocycles. The number of amides is 1. The van der Waals surface area contributed by atoms with Gasteiger partial charge in [-0.25, -0.2) is 0 Å². The van der Waals surface area contributed by atoms with Gasteiger partial charge >= 0.3 is 5.97 Å². The Hall–Kier alpha value is -2.28. The van der Waals surface area contributed by atoms with Crippen molar-refractivity contribution >= 4 is 27.8 Å². The number of carboxylic acids is 1. The Labute approximate surface area is 141 Å². The van der Waals surface area contributed by atoms with Gasteiger partial charge in [0.2, 0.25) is 0 Å². The molecule has 0 bridgehead atoms. The molecule has 7 heteroatoms. The third-order valence-electron chi connectivity index (χ3n) is 3.04. The van der Waals surface area contributed by atoms with Crippen LogP contribution in [0.1, 0.15) is 23.2 Å². The van der Waals surface area contributed by atoms with Crippen LogP contribution in [0, 0.1) is 0 Å². The van der Waals surface area contributed by atoms with Crippen LogP contribution in [0.5, 0.6) is 5.75 Å². The highest BCUT2D eigenvalue weighted by Crippen LogP contribution is 2.19. The molecule has 0 radical (unpaired) electrons. The Bertz CT molecular complexity index is 697. The molecule has 0 aliphatic rings. The number of furan rings is 1. The standard InChI is InChI=1S/C16H16BrNO5/c1-2-18(9-15(19)20)16(21)14-7-6-13(23-14)10-22-12-5-3-4-11(17)8-12/h3-8H,2,9-10H2,1H3,(H,19,20). The largest absolute Gasteiger partial charge is 0.486 e. The molecular formula is C16H16BrNO5. The fraction of sp³-hybridized carbons (Fsp3) is 0.250. The van der Waals surface area contributed by atoms with Crippen LogP contribution < -0.4 is 4.74 Å². The summed E-state index contributed by atoms with van der Waals surface area (Å²) in [7, 11) is 0. The summed E-state index contributed by atoms with van der Waals surface area (Å²) in [6.07, 6.45) is 0. The van der Waals surface area contributed by atoms with E-state index in [0.29, 0.717) is 11.5 Å². The number of ether oxygens (including phenoxy) is 1. The average Bonchev–Trinajstić information content (AvgIpc) is 2.99. The molecule has 23 heavy (non-hydrogen) atoms. The highest BCUT2D eigenvalue weighted by molar-refractivity contribution is 9.10. The zero-order valence-electron chi connectivity index (χ0n) is 12.5. The molecule has 122 valence electrons. The molecule has 0 unspecified atom stereocenters. The van der Waals surface area contributed by atoms with E-state index in [1.54, 1.807) is 13.0 Å². The number of likely N-dealkylation sites (N-methyl/N-ethyl adjacent to an activating group) is 1. The molecule has 0 aliphatic carbocycles. The van der Waals surface area contributed by atoms with Crippen molar-refractivity contribution in [1.29, 1.82) is 0 Å². The van der Waals surface area contributed by atoms with Crippen LogP contribution in [0.4, 0.5) is 0 Å². The molecule has 0 spiro atoms. The normalized spacial score (nSPS) is 10.3. The number of hydrogen-bond donors (Lipinski definition) is 1. The number of rotatable bonds is 7. The van der Waals surface area contributed by atoms with Gasteiger partial charge in [-0.2, -0.15) is 0 Å². The van der Waals surface area contributed by atoms with E-state index in [-0.39, 0.29) is 25.5 Å². The van der Waals surface area contributed by atoms with Crippen LogP contribution in [0.3, 0.4) is 0 Å². The lowest BCUT2D eigenvalue weighted by Gasteiger charge is -2.16. The van der Waals surface area contributed by atoms with Crippen LogP contribution in [0.2, 0.25) is 0 Å². The number of hydrogen-bond acceptors (Lipinski definition) is 4. The summed E-state index contributed by atoms with van der Waals surface area (Å²) >= 11 is 3.35. The second kappa shape index (κ2) is 7.82. The smallest absolute Gasteiger partial charge is 0.323 e. The number of aliphatic carboxylic acids is 1. The van der Waals surface area contributed by atoms with E-state index in [1.807, 2.05) is 24.3 Å². The highest BCUT2D eigenvalue weighted by atomic mass is 79.9. The van der Waals surface area contributed by atoms with Crippen molar-refractivity contribution in [2.45, 2.75) is 13.5 Å². The van der Waals surface area contributed by atoms with Gasteiger partial charge in [0, 0.05) is 11.0 Å². The SMILES string of the molecule is CCN(CC(=O)O)C(=O)c1ccc(COc2cccc(Br)c2)o1. The van der Waals surface area contributed by atoms with Gasteiger partial charge in [0.25, 0.3) is 5.91 Å². The van der Waals surface area contributed by atoms with E-state index in [9.17, 15) is 9.59 Å².